The number of hydrogen-bond donors (Lipinski definition) is 0. The molecule has 0 aliphatic heterocycles. The van der Waals surface area contributed by atoms with Crippen molar-refractivity contribution in [3.63, 3.8) is 0 Å². The lowest BCUT2D eigenvalue weighted by atomic mass is 10.2. The van der Waals surface area contributed by atoms with E-state index in [0.717, 1.165) is 17.3 Å². The van der Waals surface area contributed by atoms with Gasteiger partial charge in [0, 0.05) is 19.9 Å². The van der Waals surface area contributed by atoms with Crippen molar-refractivity contribution in [2.75, 3.05) is 27.3 Å². The van der Waals surface area contributed by atoms with Crippen LogP contribution in [0.4, 0.5) is 0 Å². The van der Waals surface area contributed by atoms with E-state index in [4.69, 9.17) is 13.9 Å². The van der Waals surface area contributed by atoms with E-state index in [1.807, 2.05) is 36.4 Å². The summed E-state index contributed by atoms with van der Waals surface area (Å²) in [5.74, 6) is 2.46. The molecule has 0 aliphatic carbocycles. The molecule has 1 heterocycles. The number of rotatable bonds is 8. The van der Waals surface area contributed by atoms with Crippen molar-refractivity contribution in [3.05, 3.63) is 48.4 Å². The van der Waals surface area contributed by atoms with Gasteiger partial charge >= 0.3 is 0 Å². The standard InChI is InChI=1S/C17H21NO4/c1-18(17(19)10-9-15-4-3-12-21-15)11-13-22-16-7-5-14(20-2)6-8-16/h3-8,12H,9-11,13H2,1-2H3. The third kappa shape index (κ3) is 4.84. The first-order valence-electron chi connectivity index (χ1n) is 7.22. The lowest BCUT2D eigenvalue weighted by Crippen LogP contribution is -2.31. The Morgan fingerprint density at radius 3 is 2.55 bits per heavy atom. The highest BCUT2D eigenvalue weighted by Gasteiger charge is 2.09. The average molecular weight is 303 g/mol. The summed E-state index contributed by atoms with van der Waals surface area (Å²) in [6.45, 7) is 0.998. The van der Waals surface area contributed by atoms with Gasteiger partial charge in [-0.2, -0.15) is 0 Å². The van der Waals surface area contributed by atoms with Gasteiger partial charge in [0.15, 0.2) is 0 Å². The van der Waals surface area contributed by atoms with Gasteiger partial charge in [-0.25, -0.2) is 0 Å². The van der Waals surface area contributed by atoms with E-state index < -0.39 is 0 Å². The van der Waals surface area contributed by atoms with Gasteiger partial charge < -0.3 is 18.8 Å². The molecule has 0 radical (unpaired) electrons. The molecule has 0 bridgehead atoms. The molecule has 2 rings (SSSR count). The summed E-state index contributed by atoms with van der Waals surface area (Å²) < 4.78 is 15.9. The molecular weight excluding hydrogens is 282 g/mol. The monoisotopic (exact) mass is 303 g/mol. The van der Waals surface area contributed by atoms with Gasteiger partial charge in [0.2, 0.25) is 5.91 Å². The second kappa shape index (κ2) is 8.12. The highest BCUT2D eigenvalue weighted by atomic mass is 16.5. The molecule has 0 atom stereocenters. The third-order valence-electron chi connectivity index (χ3n) is 3.35. The molecule has 1 aromatic heterocycles. The molecule has 1 amide bonds. The normalized spacial score (nSPS) is 10.3. The molecule has 0 N–H and O–H groups in total. The van der Waals surface area contributed by atoms with Crippen LogP contribution in [0.2, 0.25) is 0 Å². The lowest BCUT2D eigenvalue weighted by molar-refractivity contribution is -0.130. The second-order valence-corrected chi connectivity index (χ2v) is 4.92. The lowest BCUT2D eigenvalue weighted by Gasteiger charge is -2.17. The number of methoxy groups -OCH3 is 1. The molecule has 0 spiro atoms. The molecule has 2 aromatic rings. The number of amides is 1. The Labute approximate surface area is 130 Å². The number of likely N-dealkylation sites (N-methyl/N-ethyl adjacent to an activating group) is 1. The van der Waals surface area contributed by atoms with Crippen molar-refractivity contribution in [2.45, 2.75) is 12.8 Å². The molecule has 5 nitrogen and oxygen atoms in total. The van der Waals surface area contributed by atoms with Crippen LogP contribution in [0.5, 0.6) is 11.5 Å². The first-order chi connectivity index (χ1) is 10.7. The Morgan fingerprint density at radius 2 is 1.91 bits per heavy atom. The van der Waals surface area contributed by atoms with E-state index in [1.54, 1.807) is 25.3 Å². The minimum absolute atomic E-state index is 0.0785. The van der Waals surface area contributed by atoms with Crippen molar-refractivity contribution in [1.29, 1.82) is 0 Å². The fraction of sp³-hybridized carbons (Fsp3) is 0.353. The van der Waals surface area contributed by atoms with Crippen LogP contribution in [0.1, 0.15) is 12.2 Å². The maximum Gasteiger partial charge on any atom is 0.222 e. The molecule has 0 unspecified atom stereocenters. The van der Waals surface area contributed by atoms with Crippen molar-refractivity contribution < 1.29 is 18.7 Å². The Bertz CT molecular complexity index is 563. The van der Waals surface area contributed by atoms with Crippen LogP contribution in [-0.2, 0) is 11.2 Å². The fourth-order valence-corrected chi connectivity index (χ4v) is 1.97. The molecule has 22 heavy (non-hydrogen) atoms. The largest absolute Gasteiger partial charge is 0.497 e. The number of nitrogens with zero attached hydrogens (tertiary/aromatic N) is 1. The van der Waals surface area contributed by atoms with E-state index in [1.165, 1.54) is 0 Å². The number of carbonyl (C=O) groups excluding carboxylic acids is 1. The molecule has 5 heteroatoms. The van der Waals surface area contributed by atoms with Crippen LogP contribution in [0, 0.1) is 0 Å². The van der Waals surface area contributed by atoms with Crippen LogP contribution in [0.25, 0.3) is 0 Å². The zero-order chi connectivity index (χ0) is 15.8. The summed E-state index contributed by atoms with van der Waals surface area (Å²) in [4.78, 5) is 13.6. The Balaban J connectivity index is 1.67. The summed E-state index contributed by atoms with van der Waals surface area (Å²) in [7, 11) is 3.40. The first-order valence-corrected chi connectivity index (χ1v) is 7.22. The third-order valence-corrected chi connectivity index (χ3v) is 3.35. The number of aryl methyl sites for hydroxylation is 1. The molecule has 1 aromatic carbocycles. The van der Waals surface area contributed by atoms with Crippen LogP contribution >= 0.6 is 0 Å². The number of benzene rings is 1. The summed E-state index contributed by atoms with van der Waals surface area (Å²) in [6, 6.07) is 11.1. The van der Waals surface area contributed by atoms with Crippen molar-refractivity contribution in [2.24, 2.45) is 0 Å². The minimum atomic E-state index is 0.0785. The van der Waals surface area contributed by atoms with Crippen molar-refractivity contribution in [3.8, 4) is 11.5 Å². The highest BCUT2D eigenvalue weighted by Crippen LogP contribution is 2.16. The summed E-state index contributed by atoms with van der Waals surface area (Å²) >= 11 is 0. The fourth-order valence-electron chi connectivity index (χ4n) is 1.97. The van der Waals surface area contributed by atoms with Gasteiger partial charge in [-0.15, -0.1) is 0 Å². The van der Waals surface area contributed by atoms with E-state index in [0.29, 0.717) is 26.0 Å². The molecule has 0 saturated heterocycles. The second-order valence-electron chi connectivity index (χ2n) is 4.92. The molecule has 0 aliphatic rings. The maximum atomic E-state index is 12.0. The van der Waals surface area contributed by atoms with E-state index in [9.17, 15) is 4.79 Å². The van der Waals surface area contributed by atoms with E-state index in [2.05, 4.69) is 0 Å². The smallest absolute Gasteiger partial charge is 0.222 e. The Morgan fingerprint density at radius 1 is 1.18 bits per heavy atom. The maximum absolute atomic E-state index is 12.0. The van der Waals surface area contributed by atoms with Crippen LogP contribution in [-0.4, -0.2) is 38.1 Å². The van der Waals surface area contributed by atoms with Crippen LogP contribution in [0.3, 0.4) is 0 Å². The van der Waals surface area contributed by atoms with Gasteiger partial charge in [0.05, 0.1) is 19.9 Å². The zero-order valence-electron chi connectivity index (χ0n) is 13.0. The molecule has 118 valence electrons. The highest BCUT2D eigenvalue weighted by molar-refractivity contribution is 5.76. The predicted molar refractivity (Wildman–Crippen MR) is 83.2 cm³/mol. The van der Waals surface area contributed by atoms with Crippen molar-refractivity contribution in [1.82, 2.24) is 4.90 Å². The minimum Gasteiger partial charge on any atom is -0.497 e. The van der Waals surface area contributed by atoms with E-state index in [-0.39, 0.29) is 5.91 Å². The number of hydrogen-bond acceptors (Lipinski definition) is 4. The topological polar surface area (TPSA) is 51.9 Å². The Kier molecular flexibility index (Phi) is 5.89. The van der Waals surface area contributed by atoms with Gasteiger partial charge in [-0.1, -0.05) is 0 Å². The van der Waals surface area contributed by atoms with E-state index >= 15 is 0 Å². The summed E-state index contributed by atoms with van der Waals surface area (Å²) in [5, 5.41) is 0. The van der Waals surface area contributed by atoms with Gasteiger partial charge in [-0.3, -0.25) is 4.79 Å². The van der Waals surface area contributed by atoms with Crippen LogP contribution < -0.4 is 9.47 Å². The Hall–Kier alpha value is -2.43. The van der Waals surface area contributed by atoms with Crippen molar-refractivity contribution >= 4 is 5.91 Å². The summed E-state index contributed by atoms with van der Waals surface area (Å²) in [6.07, 6.45) is 2.67. The number of carbonyl (C=O) groups is 1. The average Bonchev–Trinajstić information content (AvgIpc) is 3.06. The zero-order valence-corrected chi connectivity index (χ0v) is 13.0. The summed E-state index contributed by atoms with van der Waals surface area (Å²) in [5.41, 5.74) is 0. The van der Waals surface area contributed by atoms with Gasteiger partial charge in [-0.05, 0) is 36.4 Å². The molecule has 0 saturated carbocycles. The van der Waals surface area contributed by atoms with Gasteiger partial charge in [0.25, 0.3) is 0 Å². The predicted octanol–water partition coefficient (Wildman–Crippen LogP) is 2.76. The molecular formula is C17H21NO4. The first kappa shape index (κ1) is 15.9. The van der Waals surface area contributed by atoms with Crippen LogP contribution in [0.15, 0.2) is 47.1 Å². The quantitative estimate of drug-likeness (QED) is 0.752. The molecule has 0 fully saturated rings. The SMILES string of the molecule is COc1ccc(OCCN(C)C(=O)CCc2ccco2)cc1. The van der Waals surface area contributed by atoms with Gasteiger partial charge in [0.1, 0.15) is 23.9 Å². The number of furan rings is 1. The number of ether oxygens (including phenoxy) is 2.